The highest BCUT2D eigenvalue weighted by atomic mass is 35.5. The van der Waals surface area contributed by atoms with Crippen molar-refractivity contribution in [1.29, 1.82) is 0 Å². The Bertz CT molecular complexity index is 3850. The van der Waals surface area contributed by atoms with Crippen molar-refractivity contribution < 1.29 is 14.6 Å². The largest absolute Gasteiger partial charge is 0.508 e. The lowest BCUT2D eigenvalue weighted by Gasteiger charge is -2.55. The van der Waals surface area contributed by atoms with Crippen molar-refractivity contribution >= 4 is 57.3 Å². The lowest BCUT2D eigenvalue weighted by molar-refractivity contribution is 0.336. The van der Waals surface area contributed by atoms with Crippen LogP contribution in [-0.4, -0.2) is 17.2 Å². The molecule has 3 atom stereocenters. The summed E-state index contributed by atoms with van der Waals surface area (Å²) in [7, 11) is 0. The molecule has 4 aliphatic heterocycles. The number of anilines is 6. The maximum atomic E-state index is 11.8. The molecule has 8 aromatic carbocycles. The van der Waals surface area contributed by atoms with E-state index in [1.165, 1.54) is 0 Å². The molecule has 76 heavy (non-hydrogen) atoms. The van der Waals surface area contributed by atoms with Crippen molar-refractivity contribution in [2.45, 2.75) is 42.2 Å². The van der Waals surface area contributed by atoms with Gasteiger partial charge in [-0.15, -0.1) is 0 Å². The first-order chi connectivity index (χ1) is 37.4. The van der Waals surface area contributed by atoms with Crippen molar-refractivity contribution in [1.82, 2.24) is 0 Å². The van der Waals surface area contributed by atoms with Gasteiger partial charge in [0.15, 0.2) is 0 Å². The number of rotatable bonds is 5. The first-order valence-corrected chi connectivity index (χ1v) is 26.9. The number of para-hydroxylation sites is 6. The number of benzene rings is 8. The van der Waals surface area contributed by atoms with Gasteiger partial charge in [-0.05, 0) is 109 Å². The van der Waals surface area contributed by atoms with Crippen LogP contribution in [0.5, 0.6) is 28.7 Å². The Morgan fingerprint density at radius 1 is 0.526 bits per heavy atom. The van der Waals surface area contributed by atoms with Crippen LogP contribution in [0.2, 0.25) is 5.02 Å². The fourth-order valence-corrected chi connectivity index (χ4v) is 14.3. The summed E-state index contributed by atoms with van der Waals surface area (Å²) in [6.07, 6.45) is 25.0. The van der Waals surface area contributed by atoms with E-state index in [1.54, 1.807) is 0 Å². The van der Waals surface area contributed by atoms with E-state index in [0.29, 0.717) is 10.1 Å². The molecule has 3 aliphatic carbocycles. The first-order valence-electron chi connectivity index (χ1n) is 26.2. The van der Waals surface area contributed by atoms with Crippen molar-refractivity contribution in [3.63, 3.8) is 0 Å². The molecule has 15 rings (SSSR count). The van der Waals surface area contributed by atoms with Gasteiger partial charge in [0.25, 0.3) is 0 Å². The topological polar surface area (TPSA) is 48.4 Å². The van der Waals surface area contributed by atoms with Crippen LogP contribution in [0.4, 0.5) is 34.1 Å². The number of halogens is 2. The van der Waals surface area contributed by atoms with Gasteiger partial charge in [-0.25, -0.2) is 0 Å². The lowest BCUT2D eigenvalue weighted by Crippen LogP contribution is -2.54. The van der Waals surface area contributed by atoms with Gasteiger partial charge in [-0.1, -0.05) is 181 Å². The minimum absolute atomic E-state index is 0.00350. The van der Waals surface area contributed by atoms with Crippen LogP contribution in [0.1, 0.15) is 58.2 Å². The summed E-state index contributed by atoms with van der Waals surface area (Å²) in [4.78, 5) is 7.21. The van der Waals surface area contributed by atoms with Crippen molar-refractivity contribution in [2.75, 3.05) is 14.7 Å². The van der Waals surface area contributed by atoms with Crippen LogP contribution >= 0.6 is 23.2 Å². The lowest BCUT2D eigenvalue weighted by atomic mass is 9.55. The third kappa shape index (κ3) is 6.35. The van der Waals surface area contributed by atoms with Gasteiger partial charge in [0.05, 0.1) is 50.7 Å². The number of fused-ring (bicyclic) bond motifs is 16. The van der Waals surface area contributed by atoms with Gasteiger partial charge in [-0.3, -0.25) is 0 Å². The molecule has 0 fully saturated rings. The molecule has 8 heteroatoms. The van der Waals surface area contributed by atoms with Crippen LogP contribution < -0.4 is 24.2 Å². The highest BCUT2D eigenvalue weighted by molar-refractivity contribution is 6.37. The summed E-state index contributed by atoms with van der Waals surface area (Å²) in [5.41, 5.74) is 12.3. The Morgan fingerprint density at radius 3 is 1.78 bits per heavy atom. The zero-order chi connectivity index (χ0) is 50.7. The van der Waals surface area contributed by atoms with Crippen LogP contribution in [0.15, 0.2) is 247 Å². The number of allylic oxidation sites excluding steroid dienone is 7. The van der Waals surface area contributed by atoms with Gasteiger partial charge < -0.3 is 29.3 Å². The quantitative estimate of drug-likeness (QED) is 0.185. The number of ether oxygens (including phenoxy) is 2. The number of aromatic hydroxyl groups is 1. The van der Waals surface area contributed by atoms with E-state index in [1.807, 2.05) is 24.3 Å². The summed E-state index contributed by atoms with van der Waals surface area (Å²) in [6.45, 7) is 0. The van der Waals surface area contributed by atoms with Crippen molar-refractivity contribution in [3.05, 3.63) is 291 Å². The minimum Gasteiger partial charge on any atom is -0.508 e. The fourth-order valence-electron chi connectivity index (χ4n) is 13.8. The van der Waals surface area contributed by atoms with E-state index in [0.717, 1.165) is 121 Å². The molecule has 0 amide bonds. The van der Waals surface area contributed by atoms with Gasteiger partial charge in [0.1, 0.15) is 28.7 Å². The molecule has 2 spiro atoms. The van der Waals surface area contributed by atoms with Gasteiger partial charge >= 0.3 is 0 Å². The second kappa shape index (κ2) is 17.3. The Hall–Kier alpha value is -8.42. The zero-order valence-corrected chi connectivity index (χ0v) is 42.7. The highest BCUT2D eigenvalue weighted by Gasteiger charge is 2.57. The average Bonchev–Trinajstić information content (AvgIpc) is 3.59. The summed E-state index contributed by atoms with van der Waals surface area (Å²) < 4.78 is 13.5. The molecule has 6 nitrogen and oxygen atoms in total. The Kier molecular flexibility index (Phi) is 10.3. The number of nitrogens with zero attached hydrogens (tertiary/aromatic N) is 3. The highest BCUT2D eigenvalue weighted by Crippen LogP contribution is 2.67. The predicted molar refractivity (Wildman–Crippen MR) is 307 cm³/mol. The molecule has 0 aromatic heterocycles. The summed E-state index contributed by atoms with van der Waals surface area (Å²) >= 11 is 15.8. The third-order valence-corrected chi connectivity index (χ3v) is 17.3. The monoisotopic (exact) mass is 1030 g/mol. The SMILES string of the molecule is Oc1ccc2c(c1)N(c1cc(N(C3=CCCC=C3)C3C=CC=CC3)cc(N3c4ccccc4C4(c5ccccc5Oc5ccccc54)C4C=CC(Cl)=CC43)c1Cl)c1ccccc1C21c2ccccc2Oc2ccccc21. The predicted octanol–water partition coefficient (Wildman–Crippen LogP) is 17.5. The first kappa shape index (κ1) is 45.0. The second-order valence-corrected chi connectivity index (χ2v) is 21.3. The van der Waals surface area contributed by atoms with Gasteiger partial charge in [0.2, 0.25) is 0 Å². The smallest absolute Gasteiger partial charge is 0.132 e. The Balaban J connectivity index is 1.04. The summed E-state index contributed by atoms with van der Waals surface area (Å²) in [5.74, 6) is 3.18. The van der Waals surface area contributed by atoms with E-state index in [4.69, 9.17) is 32.7 Å². The molecular formula is C68H49Cl2N3O3. The molecule has 8 aromatic rings. The standard InChI is InChI=1S/C68H49Cl2N3O3/c69-43-35-37-50-58(39-43)72(56-29-13-7-23-48(56)67(50)52-25-9-15-31-62(52)75-63-32-16-10-26-53(63)67)60-40-46(71(44-19-3-1-4-20-44)45-21-5-2-6-22-45)41-61(66(60)70)73-57-30-14-8-24-49(57)68(51-38-36-47(74)42-59(51)73)54-27-11-17-33-64(54)76-65-34-18-12-28-55(65)68/h1,3-5,7-19,21-42,44,50,58,74H,2,6,20H2. The fraction of sp³-hybridized carbons (Fsp3) is 0.118. The van der Waals surface area contributed by atoms with E-state index in [-0.39, 0.29) is 23.8 Å². The second-order valence-electron chi connectivity index (χ2n) is 20.5. The summed E-state index contributed by atoms with van der Waals surface area (Å²) in [5, 5.41) is 13.0. The van der Waals surface area contributed by atoms with Crippen molar-refractivity contribution in [3.8, 4) is 28.7 Å². The minimum atomic E-state index is -0.836. The third-order valence-electron chi connectivity index (χ3n) is 16.7. The molecule has 368 valence electrons. The van der Waals surface area contributed by atoms with E-state index < -0.39 is 10.8 Å². The normalized spacial score (nSPS) is 20.1. The number of hydrogen-bond donors (Lipinski definition) is 1. The van der Waals surface area contributed by atoms with Crippen LogP contribution in [0, 0.1) is 5.92 Å². The number of hydrogen-bond acceptors (Lipinski definition) is 6. The molecule has 1 N–H and O–H groups in total. The van der Waals surface area contributed by atoms with E-state index in [9.17, 15) is 5.11 Å². The molecule has 0 bridgehead atoms. The molecule has 4 heterocycles. The van der Waals surface area contributed by atoms with Gasteiger partial charge in [0, 0.05) is 56.3 Å². The number of phenolic OH excluding ortho intramolecular Hbond substituents is 1. The van der Waals surface area contributed by atoms with Crippen LogP contribution in [0.25, 0.3) is 0 Å². The molecule has 0 saturated carbocycles. The molecule has 0 saturated heterocycles. The van der Waals surface area contributed by atoms with Crippen molar-refractivity contribution in [2.24, 2.45) is 5.92 Å². The average molecular weight is 1030 g/mol. The Labute approximate surface area is 452 Å². The summed E-state index contributed by atoms with van der Waals surface area (Å²) in [6, 6.07) is 61.2. The zero-order valence-electron chi connectivity index (χ0n) is 41.2. The van der Waals surface area contributed by atoms with Crippen LogP contribution in [-0.2, 0) is 10.8 Å². The maximum Gasteiger partial charge on any atom is 0.132 e. The molecular weight excluding hydrogens is 978 g/mol. The van der Waals surface area contributed by atoms with Crippen LogP contribution in [0.3, 0.4) is 0 Å². The maximum absolute atomic E-state index is 11.8. The molecule has 3 unspecified atom stereocenters. The Morgan fingerprint density at radius 2 is 1.12 bits per heavy atom. The van der Waals surface area contributed by atoms with E-state index in [2.05, 4.69) is 227 Å². The van der Waals surface area contributed by atoms with Gasteiger partial charge in [-0.2, -0.15) is 0 Å². The number of phenols is 1. The van der Waals surface area contributed by atoms with E-state index >= 15 is 0 Å². The molecule has 0 radical (unpaired) electrons. The molecule has 7 aliphatic rings.